The van der Waals surface area contributed by atoms with Crippen LogP contribution >= 0.6 is 0 Å². The standard InChI is InChI=1S/C64H123NO3/c1-3-5-7-9-11-13-15-17-19-21-23-25-27-29-30-31-32-33-34-36-38-40-42-44-46-48-50-52-54-56-58-60-64(68)65-62(61-66)63(67)59-57-55-53-51-49-47-45-43-41-39-37-35-28-26-24-22-20-18-16-14-12-10-8-6-4-2/h29-30,49,51,57,59,62-63,66-67H,3-28,31-48,50,52-56,58,60-61H2,1-2H3,(H,65,68)/b30-29-,51-49+,59-57+. The van der Waals surface area contributed by atoms with Crippen LogP contribution in [0.5, 0.6) is 0 Å². The van der Waals surface area contributed by atoms with E-state index in [-0.39, 0.29) is 12.5 Å². The van der Waals surface area contributed by atoms with Crippen LogP contribution in [0.2, 0.25) is 0 Å². The molecule has 0 heterocycles. The molecule has 0 aromatic carbocycles. The maximum absolute atomic E-state index is 12.5. The minimum Gasteiger partial charge on any atom is -0.394 e. The summed E-state index contributed by atoms with van der Waals surface area (Å²) < 4.78 is 0. The van der Waals surface area contributed by atoms with Crippen LogP contribution in [0, 0.1) is 0 Å². The zero-order valence-corrected chi connectivity index (χ0v) is 46.4. The lowest BCUT2D eigenvalue weighted by molar-refractivity contribution is -0.123. The molecule has 2 atom stereocenters. The molecule has 0 radical (unpaired) electrons. The summed E-state index contributed by atoms with van der Waals surface area (Å²) in [5, 5.41) is 23.2. The maximum atomic E-state index is 12.5. The van der Waals surface area contributed by atoms with Gasteiger partial charge in [-0.25, -0.2) is 0 Å². The van der Waals surface area contributed by atoms with E-state index in [0.29, 0.717) is 6.42 Å². The second kappa shape index (κ2) is 59.9. The normalized spacial score (nSPS) is 12.9. The Hall–Kier alpha value is -1.39. The fraction of sp³-hybridized carbons (Fsp3) is 0.891. The maximum Gasteiger partial charge on any atom is 0.220 e. The summed E-state index contributed by atoms with van der Waals surface area (Å²) in [6.07, 6.45) is 82.0. The van der Waals surface area contributed by atoms with E-state index in [1.165, 1.54) is 295 Å². The Kier molecular flexibility index (Phi) is 58.7. The Labute approximate surface area is 427 Å². The van der Waals surface area contributed by atoms with Gasteiger partial charge in [0.25, 0.3) is 0 Å². The largest absolute Gasteiger partial charge is 0.394 e. The van der Waals surface area contributed by atoms with Crippen LogP contribution in [0.15, 0.2) is 36.5 Å². The number of unbranched alkanes of at least 4 members (excludes halogenated alkanes) is 47. The van der Waals surface area contributed by atoms with Gasteiger partial charge in [0, 0.05) is 6.42 Å². The minimum atomic E-state index is -0.862. The minimum absolute atomic E-state index is 0.0678. The number of carbonyl (C=O) groups is 1. The number of carbonyl (C=O) groups excluding carboxylic acids is 1. The Balaban J connectivity index is 3.47. The number of aliphatic hydroxyl groups is 2. The van der Waals surface area contributed by atoms with E-state index < -0.39 is 12.1 Å². The van der Waals surface area contributed by atoms with E-state index in [9.17, 15) is 15.0 Å². The average molecular weight is 955 g/mol. The number of hydrogen-bond donors (Lipinski definition) is 3. The zero-order valence-electron chi connectivity index (χ0n) is 46.4. The van der Waals surface area contributed by atoms with Crippen molar-refractivity contribution in [1.82, 2.24) is 5.32 Å². The highest BCUT2D eigenvalue weighted by atomic mass is 16.3. The van der Waals surface area contributed by atoms with Gasteiger partial charge in [0.05, 0.1) is 18.8 Å². The Bertz CT molecular complexity index is 1040. The molecule has 4 nitrogen and oxygen atoms in total. The summed E-state index contributed by atoms with van der Waals surface area (Å²) in [6.45, 7) is 4.34. The van der Waals surface area contributed by atoms with E-state index in [1.807, 2.05) is 6.08 Å². The van der Waals surface area contributed by atoms with Crippen molar-refractivity contribution in [1.29, 1.82) is 0 Å². The quantitative estimate of drug-likeness (QED) is 0.0420. The van der Waals surface area contributed by atoms with Crippen molar-refractivity contribution in [3.8, 4) is 0 Å². The second-order valence-electron chi connectivity index (χ2n) is 21.5. The molecule has 0 aromatic heterocycles. The Morgan fingerprint density at radius 2 is 0.574 bits per heavy atom. The van der Waals surface area contributed by atoms with E-state index in [1.54, 1.807) is 6.08 Å². The summed E-state index contributed by atoms with van der Waals surface area (Å²) in [7, 11) is 0. The lowest BCUT2D eigenvalue weighted by atomic mass is 10.0. The molecule has 4 heteroatoms. The molecule has 0 rings (SSSR count). The number of aliphatic hydroxyl groups excluding tert-OH is 2. The third kappa shape index (κ3) is 55.5. The van der Waals surface area contributed by atoms with Crippen molar-refractivity contribution in [2.24, 2.45) is 0 Å². The predicted octanol–water partition coefficient (Wildman–Crippen LogP) is 20.8. The molecule has 2 unspecified atom stereocenters. The summed E-state index contributed by atoms with van der Waals surface area (Å²) in [4.78, 5) is 12.5. The Morgan fingerprint density at radius 3 is 0.853 bits per heavy atom. The number of allylic oxidation sites excluding steroid dienone is 5. The van der Waals surface area contributed by atoms with E-state index in [2.05, 4.69) is 43.5 Å². The van der Waals surface area contributed by atoms with Crippen molar-refractivity contribution in [3.63, 3.8) is 0 Å². The van der Waals surface area contributed by atoms with Gasteiger partial charge < -0.3 is 15.5 Å². The molecule has 0 aliphatic heterocycles. The fourth-order valence-electron chi connectivity index (χ4n) is 9.84. The molecule has 0 spiro atoms. The highest BCUT2D eigenvalue weighted by Gasteiger charge is 2.18. The lowest BCUT2D eigenvalue weighted by Gasteiger charge is -2.19. The first-order valence-corrected chi connectivity index (χ1v) is 31.2. The first kappa shape index (κ1) is 66.6. The van der Waals surface area contributed by atoms with E-state index in [0.717, 1.165) is 32.1 Å². The molecular weight excluding hydrogens is 831 g/mol. The van der Waals surface area contributed by atoms with E-state index >= 15 is 0 Å². The monoisotopic (exact) mass is 954 g/mol. The molecule has 3 N–H and O–H groups in total. The molecule has 0 saturated heterocycles. The van der Waals surface area contributed by atoms with Gasteiger partial charge in [-0.3, -0.25) is 4.79 Å². The number of rotatable bonds is 58. The SMILES string of the molecule is CCCCCCCCCCCCCC/C=C\CCCCCCCCCCCCCCCCCC(=O)NC(CO)C(O)/C=C/CC/C=C/CCCCCCCCCCCCCCCCCCCCC. The first-order valence-electron chi connectivity index (χ1n) is 31.2. The zero-order chi connectivity index (χ0) is 49.2. The van der Waals surface area contributed by atoms with Gasteiger partial charge in [0.1, 0.15) is 0 Å². The van der Waals surface area contributed by atoms with Gasteiger partial charge in [-0.1, -0.05) is 320 Å². The van der Waals surface area contributed by atoms with Gasteiger partial charge in [0.15, 0.2) is 0 Å². The van der Waals surface area contributed by atoms with Crippen molar-refractivity contribution >= 4 is 5.91 Å². The molecule has 0 saturated carbocycles. The van der Waals surface area contributed by atoms with Crippen LogP contribution < -0.4 is 5.32 Å². The number of amides is 1. The Morgan fingerprint density at radius 1 is 0.338 bits per heavy atom. The van der Waals surface area contributed by atoms with Crippen LogP contribution in [0.25, 0.3) is 0 Å². The number of nitrogens with one attached hydrogen (secondary N) is 1. The molecule has 0 aliphatic carbocycles. The van der Waals surface area contributed by atoms with Crippen LogP contribution in [-0.2, 0) is 4.79 Å². The second-order valence-corrected chi connectivity index (χ2v) is 21.5. The summed E-state index contributed by atoms with van der Waals surface area (Å²) in [5.41, 5.74) is 0. The van der Waals surface area contributed by atoms with Crippen LogP contribution in [-0.4, -0.2) is 34.9 Å². The molecule has 68 heavy (non-hydrogen) atoms. The van der Waals surface area contributed by atoms with E-state index in [4.69, 9.17) is 0 Å². The average Bonchev–Trinajstić information content (AvgIpc) is 3.34. The first-order chi connectivity index (χ1) is 33.7. The van der Waals surface area contributed by atoms with Gasteiger partial charge in [0.2, 0.25) is 5.91 Å². The molecule has 402 valence electrons. The highest BCUT2D eigenvalue weighted by molar-refractivity contribution is 5.76. The van der Waals surface area contributed by atoms with Gasteiger partial charge in [-0.2, -0.15) is 0 Å². The van der Waals surface area contributed by atoms with Gasteiger partial charge in [-0.05, 0) is 57.8 Å². The summed E-state index contributed by atoms with van der Waals surface area (Å²) in [5.74, 6) is -0.0678. The van der Waals surface area contributed by atoms with Crippen molar-refractivity contribution in [2.45, 2.75) is 360 Å². The van der Waals surface area contributed by atoms with Crippen LogP contribution in [0.1, 0.15) is 348 Å². The molecule has 0 fully saturated rings. The van der Waals surface area contributed by atoms with Crippen LogP contribution in [0.4, 0.5) is 0 Å². The topological polar surface area (TPSA) is 69.6 Å². The summed E-state index contributed by atoms with van der Waals surface area (Å²) in [6, 6.07) is -0.639. The smallest absolute Gasteiger partial charge is 0.220 e. The van der Waals surface area contributed by atoms with Crippen molar-refractivity contribution in [3.05, 3.63) is 36.5 Å². The highest BCUT2D eigenvalue weighted by Crippen LogP contribution is 2.18. The number of hydrogen-bond acceptors (Lipinski definition) is 3. The van der Waals surface area contributed by atoms with Crippen molar-refractivity contribution in [2.75, 3.05) is 6.61 Å². The predicted molar refractivity (Wildman–Crippen MR) is 304 cm³/mol. The van der Waals surface area contributed by atoms with Gasteiger partial charge in [-0.15, -0.1) is 0 Å². The molecule has 0 aromatic rings. The molecule has 0 bridgehead atoms. The lowest BCUT2D eigenvalue weighted by Crippen LogP contribution is -2.45. The molecular formula is C64H123NO3. The third-order valence-electron chi connectivity index (χ3n) is 14.6. The summed E-state index contributed by atoms with van der Waals surface area (Å²) >= 11 is 0. The molecule has 1 amide bonds. The third-order valence-corrected chi connectivity index (χ3v) is 14.6. The van der Waals surface area contributed by atoms with Crippen molar-refractivity contribution < 1.29 is 15.0 Å². The van der Waals surface area contributed by atoms with Gasteiger partial charge >= 0.3 is 0 Å². The van der Waals surface area contributed by atoms with Crippen LogP contribution in [0.3, 0.4) is 0 Å². The molecule has 0 aliphatic rings. The fourth-order valence-corrected chi connectivity index (χ4v) is 9.84.